The van der Waals surface area contributed by atoms with Crippen LogP contribution in [-0.4, -0.2) is 25.6 Å². The van der Waals surface area contributed by atoms with Crippen LogP contribution in [0.1, 0.15) is 24.8 Å². The number of hydrogen-bond acceptors (Lipinski definition) is 3. The normalized spacial score (nSPS) is 20.8. The van der Waals surface area contributed by atoms with Crippen molar-refractivity contribution in [2.75, 3.05) is 19.6 Å². The van der Waals surface area contributed by atoms with Crippen LogP contribution in [0.15, 0.2) is 35.3 Å². The Morgan fingerprint density at radius 3 is 2.72 bits per heavy atom. The van der Waals surface area contributed by atoms with Crippen LogP contribution in [0.25, 0.3) is 0 Å². The summed E-state index contributed by atoms with van der Waals surface area (Å²) in [4.78, 5) is 4.46. The molecule has 1 aliphatic carbocycles. The van der Waals surface area contributed by atoms with Crippen LogP contribution in [0, 0.1) is 5.41 Å². The first-order valence-corrected chi connectivity index (χ1v) is 6.93. The van der Waals surface area contributed by atoms with Crippen LogP contribution in [-0.2, 0) is 6.42 Å². The molecule has 0 saturated heterocycles. The van der Waals surface area contributed by atoms with E-state index in [2.05, 4.69) is 46.0 Å². The summed E-state index contributed by atoms with van der Waals surface area (Å²) >= 11 is 0. The van der Waals surface area contributed by atoms with E-state index in [0.29, 0.717) is 5.41 Å². The molecule has 1 aromatic carbocycles. The lowest BCUT2D eigenvalue weighted by Crippen LogP contribution is -2.43. The van der Waals surface area contributed by atoms with E-state index >= 15 is 0 Å². The van der Waals surface area contributed by atoms with Gasteiger partial charge in [-0.05, 0) is 36.7 Å². The van der Waals surface area contributed by atoms with Crippen molar-refractivity contribution < 1.29 is 0 Å². The van der Waals surface area contributed by atoms with Gasteiger partial charge in [-0.3, -0.25) is 4.99 Å². The average Bonchev–Trinajstić information content (AvgIpc) is 3.19. The van der Waals surface area contributed by atoms with Crippen LogP contribution in [0.5, 0.6) is 0 Å². The van der Waals surface area contributed by atoms with Gasteiger partial charge in [0, 0.05) is 19.6 Å². The summed E-state index contributed by atoms with van der Waals surface area (Å²) in [6.07, 6.45) is 5.01. The van der Waals surface area contributed by atoms with Gasteiger partial charge in [-0.15, -0.1) is 0 Å². The minimum Gasteiger partial charge on any atom is -0.356 e. The summed E-state index contributed by atoms with van der Waals surface area (Å²) in [6.45, 7) is 3.06. The fourth-order valence-electron chi connectivity index (χ4n) is 2.54. The second-order valence-electron chi connectivity index (χ2n) is 5.53. The molecule has 0 spiro atoms. The third kappa shape index (κ3) is 2.84. The third-order valence-electron chi connectivity index (χ3n) is 3.91. The number of nitrogens with one attached hydrogen (secondary N) is 2. The second-order valence-corrected chi connectivity index (χ2v) is 5.53. The maximum absolute atomic E-state index is 4.46. The Balaban J connectivity index is 1.54. The second kappa shape index (κ2) is 5.01. The smallest absolute Gasteiger partial charge is 0.191 e. The quantitative estimate of drug-likeness (QED) is 0.848. The molecule has 2 N–H and O–H groups in total. The molecule has 96 valence electrons. The van der Waals surface area contributed by atoms with E-state index in [0.717, 1.165) is 32.0 Å². The molecule has 0 atom stereocenters. The predicted octanol–water partition coefficient (Wildman–Crippen LogP) is 1.95. The van der Waals surface area contributed by atoms with Gasteiger partial charge in [-0.1, -0.05) is 30.3 Å². The van der Waals surface area contributed by atoms with Gasteiger partial charge in [0.2, 0.25) is 0 Å². The van der Waals surface area contributed by atoms with Crippen molar-refractivity contribution in [2.45, 2.75) is 25.7 Å². The molecule has 2 aliphatic rings. The molecule has 3 nitrogen and oxygen atoms in total. The molecule has 1 aliphatic heterocycles. The van der Waals surface area contributed by atoms with E-state index in [1.807, 2.05) is 0 Å². The number of hydrogen-bond donors (Lipinski definition) is 2. The molecule has 0 bridgehead atoms. The first-order chi connectivity index (χ1) is 8.86. The maximum atomic E-state index is 4.46. The van der Waals surface area contributed by atoms with Crippen molar-refractivity contribution in [3.05, 3.63) is 35.9 Å². The largest absolute Gasteiger partial charge is 0.356 e. The van der Waals surface area contributed by atoms with Crippen LogP contribution in [0.2, 0.25) is 0 Å². The van der Waals surface area contributed by atoms with E-state index in [1.54, 1.807) is 0 Å². The Labute approximate surface area is 109 Å². The highest BCUT2D eigenvalue weighted by Gasteiger charge is 2.42. The molecule has 18 heavy (non-hydrogen) atoms. The van der Waals surface area contributed by atoms with Gasteiger partial charge in [-0.25, -0.2) is 0 Å². The van der Waals surface area contributed by atoms with E-state index in [-0.39, 0.29) is 0 Å². The monoisotopic (exact) mass is 243 g/mol. The number of guanidine groups is 1. The number of aliphatic imine (C=N–C) groups is 1. The van der Waals surface area contributed by atoms with Crippen LogP contribution >= 0.6 is 0 Å². The van der Waals surface area contributed by atoms with Crippen LogP contribution in [0.3, 0.4) is 0 Å². The number of rotatable bonds is 4. The first kappa shape index (κ1) is 11.6. The Bertz CT molecular complexity index is 421. The molecular formula is C15H21N3. The molecule has 1 heterocycles. The van der Waals surface area contributed by atoms with Crippen LogP contribution < -0.4 is 10.6 Å². The van der Waals surface area contributed by atoms with E-state index in [1.165, 1.54) is 24.8 Å². The number of nitrogens with zero attached hydrogens (tertiary/aromatic N) is 1. The van der Waals surface area contributed by atoms with Gasteiger partial charge < -0.3 is 10.6 Å². The fourth-order valence-corrected chi connectivity index (χ4v) is 2.54. The van der Waals surface area contributed by atoms with Crippen molar-refractivity contribution in [1.82, 2.24) is 10.6 Å². The number of benzene rings is 1. The standard InChI is InChI=1S/C15H21N3/c1-2-5-13(6-3-1)11-15(7-8-15)12-18-14-16-9-4-10-17-14/h1-3,5-6H,4,7-12H2,(H2,16,17,18). The molecule has 1 fully saturated rings. The molecule has 3 heteroatoms. The maximum Gasteiger partial charge on any atom is 0.191 e. The SMILES string of the molecule is c1ccc(CC2(CNC3=NCCCN3)CC2)cc1. The zero-order valence-electron chi connectivity index (χ0n) is 10.8. The lowest BCUT2D eigenvalue weighted by atomic mass is 9.96. The minimum atomic E-state index is 0.475. The Kier molecular flexibility index (Phi) is 3.22. The summed E-state index contributed by atoms with van der Waals surface area (Å²) in [5.74, 6) is 1.00. The van der Waals surface area contributed by atoms with E-state index < -0.39 is 0 Å². The highest BCUT2D eigenvalue weighted by Crippen LogP contribution is 2.47. The molecule has 0 amide bonds. The van der Waals surface area contributed by atoms with Gasteiger partial charge in [-0.2, -0.15) is 0 Å². The van der Waals surface area contributed by atoms with Crippen molar-refractivity contribution in [2.24, 2.45) is 10.4 Å². The molecule has 0 unspecified atom stereocenters. The third-order valence-corrected chi connectivity index (χ3v) is 3.91. The zero-order chi connectivity index (χ0) is 12.3. The molecule has 0 aromatic heterocycles. The lowest BCUT2D eigenvalue weighted by molar-refractivity contribution is 0.490. The molecule has 1 aromatic rings. The van der Waals surface area contributed by atoms with Crippen molar-refractivity contribution >= 4 is 5.96 Å². The Hall–Kier alpha value is -1.51. The fraction of sp³-hybridized carbons (Fsp3) is 0.533. The summed E-state index contributed by atoms with van der Waals surface area (Å²) in [5.41, 5.74) is 1.93. The molecule has 0 radical (unpaired) electrons. The van der Waals surface area contributed by atoms with E-state index in [9.17, 15) is 0 Å². The van der Waals surface area contributed by atoms with Crippen molar-refractivity contribution in [1.29, 1.82) is 0 Å². The van der Waals surface area contributed by atoms with Crippen LogP contribution in [0.4, 0.5) is 0 Å². The first-order valence-electron chi connectivity index (χ1n) is 6.93. The summed E-state index contributed by atoms with van der Waals surface area (Å²) < 4.78 is 0. The van der Waals surface area contributed by atoms with Gasteiger partial charge in [0.05, 0.1) is 0 Å². The Morgan fingerprint density at radius 1 is 1.22 bits per heavy atom. The Morgan fingerprint density at radius 2 is 2.06 bits per heavy atom. The minimum absolute atomic E-state index is 0.475. The summed E-state index contributed by atoms with van der Waals surface area (Å²) in [5, 5.41) is 6.81. The van der Waals surface area contributed by atoms with Gasteiger partial charge in [0.15, 0.2) is 5.96 Å². The van der Waals surface area contributed by atoms with Crippen molar-refractivity contribution in [3.63, 3.8) is 0 Å². The zero-order valence-corrected chi connectivity index (χ0v) is 10.8. The van der Waals surface area contributed by atoms with Gasteiger partial charge >= 0.3 is 0 Å². The molecule has 3 rings (SSSR count). The molecule has 1 saturated carbocycles. The van der Waals surface area contributed by atoms with Gasteiger partial charge in [0.25, 0.3) is 0 Å². The highest BCUT2D eigenvalue weighted by molar-refractivity contribution is 5.80. The average molecular weight is 243 g/mol. The van der Waals surface area contributed by atoms with Gasteiger partial charge in [0.1, 0.15) is 0 Å². The topological polar surface area (TPSA) is 36.4 Å². The van der Waals surface area contributed by atoms with Crippen molar-refractivity contribution in [3.8, 4) is 0 Å². The lowest BCUT2D eigenvalue weighted by Gasteiger charge is -2.20. The summed E-state index contributed by atoms with van der Waals surface area (Å²) in [6, 6.07) is 10.8. The highest BCUT2D eigenvalue weighted by atomic mass is 15.2. The predicted molar refractivity (Wildman–Crippen MR) is 74.7 cm³/mol. The molecular weight excluding hydrogens is 222 g/mol. The van der Waals surface area contributed by atoms with E-state index in [4.69, 9.17) is 0 Å². The summed E-state index contributed by atoms with van der Waals surface area (Å²) in [7, 11) is 0.